The van der Waals surface area contributed by atoms with Crippen molar-refractivity contribution in [2.75, 3.05) is 6.54 Å². The number of rotatable bonds is 2. The molecule has 0 bridgehead atoms. The number of carbonyl (C=O) groups is 1. The van der Waals surface area contributed by atoms with Crippen LogP contribution in [0.3, 0.4) is 0 Å². The number of hydrogen-bond donors (Lipinski definition) is 1. The molecule has 0 amide bonds. The van der Waals surface area contributed by atoms with Gasteiger partial charge in [0.2, 0.25) is 0 Å². The van der Waals surface area contributed by atoms with Crippen molar-refractivity contribution in [3.63, 3.8) is 0 Å². The van der Waals surface area contributed by atoms with E-state index in [-0.39, 0.29) is 11.3 Å². The molecule has 68 valence electrons. The van der Waals surface area contributed by atoms with Gasteiger partial charge in [-0.05, 0) is 46.2 Å². The Morgan fingerprint density at radius 3 is 2.58 bits per heavy atom. The number of allylic oxidation sites excluding steroid dienone is 1. The SMILES string of the molecule is CC(C)=CC(=O)C1(C)CCCN1. The molecule has 0 aromatic carbocycles. The molecule has 12 heavy (non-hydrogen) atoms. The van der Waals surface area contributed by atoms with Crippen molar-refractivity contribution < 1.29 is 4.79 Å². The molecule has 2 heteroatoms. The van der Waals surface area contributed by atoms with Gasteiger partial charge in [0.25, 0.3) is 0 Å². The summed E-state index contributed by atoms with van der Waals surface area (Å²) in [6, 6.07) is 0. The van der Waals surface area contributed by atoms with Crippen LogP contribution in [0.5, 0.6) is 0 Å². The Morgan fingerprint density at radius 2 is 2.17 bits per heavy atom. The van der Waals surface area contributed by atoms with Gasteiger partial charge in [-0.15, -0.1) is 0 Å². The first-order valence-electron chi connectivity index (χ1n) is 4.49. The van der Waals surface area contributed by atoms with E-state index in [9.17, 15) is 4.79 Å². The molecule has 1 saturated heterocycles. The summed E-state index contributed by atoms with van der Waals surface area (Å²) in [6.07, 6.45) is 3.81. The monoisotopic (exact) mass is 167 g/mol. The van der Waals surface area contributed by atoms with E-state index in [0.29, 0.717) is 0 Å². The normalized spacial score (nSPS) is 28.6. The molecule has 1 unspecified atom stereocenters. The second kappa shape index (κ2) is 3.40. The zero-order chi connectivity index (χ0) is 9.19. The summed E-state index contributed by atoms with van der Waals surface area (Å²) in [5.41, 5.74) is 0.798. The maximum atomic E-state index is 11.6. The topological polar surface area (TPSA) is 29.1 Å². The summed E-state index contributed by atoms with van der Waals surface area (Å²) in [5.74, 6) is 0.222. The average molecular weight is 167 g/mol. The first-order chi connectivity index (χ1) is 5.54. The minimum Gasteiger partial charge on any atom is -0.305 e. The van der Waals surface area contributed by atoms with Crippen molar-refractivity contribution in [2.45, 2.75) is 39.2 Å². The minimum absolute atomic E-state index is 0.222. The van der Waals surface area contributed by atoms with Gasteiger partial charge in [0.05, 0.1) is 5.54 Å². The van der Waals surface area contributed by atoms with Crippen molar-refractivity contribution in [2.24, 2.45) is 0 Å². The molecule has 1 fully saturated rings. The first kappa shape index (κ1) is 9.46. The van der Waals surface area contributed by atoms with E-state index in [1.165, 1.54) is 0 Å². The van der Waals surface area contributed by atoms with Gasteiger partial charge in [-0.2, -0.15) is 0 Å². The number of carbonyl (C=O) groups excluding carboxylic acids is 1. The Labute approximate surface area is 74.0 Å². The molecule has 2 nitrogen and oxygen atoms in total. The molecule has 1 aliphatic rings. The summed E-state index contributed by atoms with van der Waals surface area (Å²) < 4.78 is 0. The molecular formula is C10H17NO. The largest absolute Gasteiger partial charge is 0.305 e. The summed E-state index contributed by atoms with van der Waals surface area (Å²) in [7, 11) is 0. The fourth-order valence-electron chi connectivity index (χ4n) is 1.53. The molecule has 1 heterocycles. The predicted octanol–water partition coefficient (Wildman–Crippen LogP) is 1.66. The van der Waals surface area contributed by atoms with Gasteiger partial charge in [0.15, 0.2) is 5.78 Å². The van der Waals surface area contributed by atoms with E-state index in [4.69, 9.17) is 0 Å². The maximum Gasteiger partial charge on any atom is 0.175 e. The molecule has 1 N–H and O–H groups in total. The van der Waals surface area contributed by atoms with Crippen LogP contribution in [0.4, 0.5) is 0 Å². The van der Waals surface area contributed by atoms with Gasteiger partial charge in [-0.1, -0.05) is 5.57 Å². The maximum absolute atomic E-state index is 11.6. The van der Waals surface area contributed by atoms with Gasteiger partial charge in [-0.3, -0.25) is 4.79 Å². The van der Waals surface area contributed by atoms with E-state index in [0.717, 1.165) is 25.0 Å². The van der Waals surface area contributed by atoms with Gasteiger partial charge >= 0.3 is 0 Å². The number of ketones is 1. The van der Waals surface area contributed by atoms with Crippen molar-refractivity contribution in [3.8, 4) is 0 Å². The summed E-state index contributed by atoms with van der Waals surface area (Å²) >= 11 is 0. The zero-order valence-electron chi connectivity index (χ0n) is 8.11. The lowest BCUT2D eigenvalue weighted by molar-refractivity contribution is -0.119. The Hall–Kier alpha value is -0.630. The molecule has 0 aliphatic carbocycles. The van der Waals surface area contributed by atoms with Crippen LogP contribution in [-0.2, 0) is 4.79 Å². The summed E-state index contributed by atoms with van der Waals surface area (Å²) in [6.45, 7) is 6.87. The Balaban J connectivity index is 2.68. The van der Waals surface area contributed by atoms with Gasteiger partial charge in [0, 0.05) is 0 Å². The predicted molar refractivity (Wildman–Crippen MR) is 50.1 cm³/mol. The van der Waals surface area contributed by atoms with Crippen LogP contribution in [0.25, 0.3) is 0 Å². The molecule has 1 rings (SSSR count). The van der Waals surface area contributed by atoms with Crippen LogP contribution in [0.15, 0.2) is 11.6 Å². The van der Waals surface area contributed by atoms with E-state index in [1.54, 1.807) is 6.08 Å². The highest BCUT2D eigenvalue weighted by atomic mass is 16.1. The molecule has 0 aromatic heterocycles. The van der Waals surface area contributed by atoms with Gasteiger partial charge in [0.1, 0.15) is 0 Å². The highest BCUT2D eigenvalue weighted by Crippen LogP contribution is 2.20. The molecular weight excluding hydrogens is 150 g/mol. The Morgan fingerprint density at radius 1 is 1.50 bits per heavy atom. The third-order valence-electron chi connectivity index (χ3n) is 2.33. The zero-order valence-corrected chi connectivity index (χ0v) is 8.11. The molecule has 0 saturated carbocycles. The molecule has 1 aliphatic heterocycles. The summed E-state index contributed by atoms with van der Waals surface area (Å²) in [4.78, 5) is 11.6. The minimum atomic E-state index is -0.280. The van der Waals surface area contributed by atoms with Crippen molar-refractivity contribution >= 4 is 5.78 Å². The third kappa shape index (κ3) is 1.95. The van der Waals surface area contributed by atoms with Crippen LogP contribution in [0, 0.1) is 0 Å². The quantitative estimate of drug-likeness (QED) is 0.634. The van der Waals surface area contributed by atoms with E-state index >= 15 is 0 Å². The van der Waals surface area contributed by atoms with Crippen LogP contribution < -0.4 is 5.32 Å². The highest BCUT2D eigenvalue weighted by Gasteiger charge is 2.33. The summed E-state index contributed by atoms with van der Waals surface area (Å²) in [5, 5.41) is 3.24. The smallest absolute Gasteiger partial charge is 0.175 e. The second-order valence-corrected chi connectivity index (χ2v) is 3.95. The van der Waals surface area contributed by atoms with E-state index in [2.05, 4.69) is 5.32 Å². The van der Waals surface area contributed by atoms with Crippen molar-refractivity contribution in [1.82, 2.24) is 5.32 Å². The highest BCUT2D eigenvalue weighted by molar-refractivity contribution is 5.98. The van der Waals surface area contributed by atoms with Gasteiger partial charge in [-0.25, -0.2) is 0 Å². The molecule has 0 aromatic rings. The standard InChI is InChI=1S/C10H17NO/c1-8(2)7-9(12)10(3)5-4-6-11-10/h7,11H,4-6H2,1-3H3. The van der Waals surface area contributed by atoms with Crippen molar-refractivity contribution in [3.05, 3.63) is 11.6 Å². The third-order valence-corrected chi connectivity index (χ3v) is 2.33. The lowest BCUT2D eigenvalue weighted by Gasteiger charge is -2.20. The van der Waals surface area contributed by atoms with Gasteiger partial charge < -0.3 is 5.32 Å². The first-order valence-corrected chi connectivity index (χ1v) is 4.49. The lowest BCUT2D eigenvalue weighted by atomic mass is 9.93. The van der Waals surface area contributed by atoms with Crippen LogP contribution in [0.1, 0.15) is 33.6 Å². The van der Waals surface area contributed by atoms with E-state index in [1.807, 2.05) is 20.8 Å². The fraction of sp³-hybridized carbons (Fsp3) is 0.700. The number of hydrogen-bond acceptors (Lipinski definition) is 2. The lowest BCUT2D eigenvalue weighted by Crippen LogP contribution is -2.43. The van der Waals surface area contributed by atoms with Crippen LogP contribution in [-0.4, -0.2) is 17.9 Å². The Kier molecular flexibility index (Phi) is 2.68. The fourth-order valence-corrected chi connectivity index (χ4v) is 1.53. The average Bonchev–Trinajstić information content (AvgIpc) is 2.36. The molecule has 1 atom stereocenters. The van der Waals surface area contributed by atoms with Crippen LogP contribution in [0.2, 0.25) is 0 Å². The van der Waals surface area contributed by atoms with Crippen LogP contribution >= 0.6 is 0 Å². The van der Waals surface area contributed by atoms with Crippen molar-refractivity contribution in [1.29, 1.82) is 0 Å². The second-order valence-electron chi connectivity index (χ2n) is 3.95. The molecule has 0 spiro atoms. The number of nitrogens with one attached hydrogen (secondary N) is 1. The van der Waals surface area contributed by atoms with E-state index < -0.39 is 0 Å². The molecule has 0 radical (unpaired) electrons. The Bertz CT molecular complexity index is 208.